The average Bonchev–Trinajstić information content (AvgIpc) is 3.44. The number of benzene rings is 4. The Bertz CT molecular complexity index is 1750. The van der Waals surface area contributed by atoms with Gasteiger partial charge in [0.05, 0.1) is 18.3 Å². The molecule has 44 heavy (non-hydrogen) atoms. The minimum atomic E-state index is -2.63. The second-order valence-electron chi connectivity index (χ2n) is 12.2. The van der Waals surface area contributed by atoms with Crippen LogP contribution in [0.3, 0.4) is 0 Å². The van der Waals surface area contributed by atoms with Crippen molar-refractivity contribution in [2.24, 2.45) is 10.9 Å². The van der Waals surface area contributed by atoms with Crippen LogP contribution >= 0.6 is 0 Å². The fourth-order valence-electron chi connectivity index (χ4n) is 8.02. The highest BCUT2D eigenvalue weighted by Crippen LogP contribution is 2.44. The van der Waals surface area contributed by atoms with Crippen molar-refractivity contribution >= 4 is 29.8 Å². The quantitative estimate of drug-likeness (QED) is 0.218. The van der Waals surface area contributed by atoms with E-state index in [2.05, 4.69) is 162 Å². The van der Waals surface area contributed by atoms with Crippen LogP contribution in [0.4, 0.5) is 0 Å². The summed E-state index contributed by atoms with van der Waals surface area (Å²) >= 11 is 0. The van der Waals surface area contributed by atoms with Crippen LogP contribution in [0.5, 0.6) is 0 Å². The Kier molecular flexibility index (Phi) is 7.00. The number of aliphatic imine (C=N–C) groups is 1. The maximum absolute atomic E-state index is 5.64. The molecule has 3 nitrogen and oxygen atoms in total. The van der Waals surface area contributed by atoms with Crippen LogP contribution in [-0.4, -0.2) is 37.4 Å². The Morgan fingerprint density at radius 2 is 1.36 bits per heavy atom. The molecule has 3 unspecified atom stereocenters. The standard InChI is InChI=1S/C40H37N3Si/c1-5-13-30(14-6-1)31-21-23-35(24-22-31)44(33-17-9-3-10-18-33,34-19-11-4-12-20-34)40-27-37-36-25-26-41-28-38(36)43(39(37)29-42-40)32-15-7-2-8-16-32/h1-7,9-15,17-26,29,37,39-41H,8,16,27-28H2. The highest BCUT2D eigenvalue weighted by molar-refractivity contribution is 7.12. The summed E-state index contributed by atoms with van der Waals surface area (Å²) in [5.74, 6) is 0.403. The second-order valence-corrected chi connectivity index (χ2v) is 16.3. The van der Waals surface area contributed by atoms with E-state index in [4.69, 9.17) is 4.99 Å². The third-order valence-corrected chi connectivity index (χ3v) is 15.1. The lowest BCUT2D eigenvalue weighted by atomic mass is 9.88. The highest BCUT2D eigenvalue weighted by atomic mass is 28.3. The summed E-state index contributed by atoms with van der Waals surface area (Å²) in [6.07, 6.45) is 16.8. The number of nitrogens with one attached hydrogen (secondary N) is 1. The molecule has 0 bridgehead atoms. The summed E-state index contributed by atoms with van der Waals surface area (Å²) in [4.78, 5) is 8.25. The number of rotatable bonds is 6. The molecule has 4 heteroatoms. The third-order valence-electron chi connectivity index (χ3n) is 9.99. The van der Waals surface area contributed by atoms with Gasteiger partial charge in [-0.15, -0.1) is 0 Å². The molecule has 0 spiro atoms. The minimum absolute atomic E-state index is 0.161. The Morgan fingerprint density at radius 1 is 0.727 bits per heavy atom. The molecule has 216 valence electrons. The highest BCUT2D eigenvalue weighted by Gasteiger charge is 2.52. The van der Waals surface area contributed by atoms with Gasteiger partial charge in [-0.3, -0.25) is 4.99 Å². The van der Waals surface area contributed by atoms with Crippen molar-refractivity contribution in [3.05, 3.63) is 163 Å². The molecule has 1 N–H and O–H groups in total. The van der Waals surface area contributed by atoms with Gasteiger partial charge in [0.1, 0.15) is 0 Å². The SMILES string of the molecule is C1=CCCC(N2C3=C(C=CNC3)C3CC([Si](c4ccccc4)(c4ccccc4)c4ccc(-c5ccccc5)cc4)N=CC32)=C1. The van der Waals surface area contributed by atoms with Crippen molar-refractivity contribution in [1.82, 2.24) is 10.2 Å². The summed E-state index contributed by atoms with van der Waals surface area (Å²) in [7, 11) is -2.63. The Balaban J connectivity index is 1.29. The van der Waals surface area contributed by atoms with Crippen LogP contribution in [0.15, 0.2) is 168 Å². The van der Waals surface area contributed by atoms with Crippen molar-refractivity contribution in [3.63, 3.8) is 0 Å². The van der Waals surface area contributed by atoms with Gasteiger partial charge in [0.25, 0.3) is 0 Å². The molecule has 4 aromatic carbocycles. The lowest BCUT2D eigenvalue weighted by molar-refractivity contribution is 0.328. The number of hydrogen-bond donors (Lipinski definition) is 1. The molecule has 4 aromatic rings. The lowest BCUT2D eigenvalue weighted by Gasteiger charge is -2.43. The van der Waals surface area contributed by atoms with Gasteiger partial charge in [0.15, 0.2) is 8.07 Å². The molecule has 1 aliphatic carbocycles. The normalized spacial score (nSPS) is 22.3. The Labute approximate surface area is 261 Å². The zero-order valence-corrected chi connectivity index (χ0v) is 25.9. The van der Waals surface area contributed by atoms with Crippen LogP contribution in [0.2, 0.25) is 0 Å². The first-order valence-electron chi connectivity index (χ1n) is 15.9. The molecule has 3 atom stereocenters. The number of fused-ring (bicyclic) bond motifs is 2. The van der Waals surface area contributed by atoms with E-state index in [0.29, 0.717) is 5.92 Å². The van der Waals surface area contributed by atoms with Crippen LogP contribution < -0.4 is 20.9 Å². The van der Waals surface area contributed by atoms with Crippen LogP contribution in [0.1, 0.15) is 19.3 Å². The maximum atomic E-state index is 5.64. The molecule has 0 radical (unpaired) electrons. The van der Waals surface area contributed by atoms with Gasteiger partial charge < -0.3 is 10.2 Å². The van der Waals surface area contributed by atoms with Gasteiger partial charge in [0, 0.05) is 23.5 Å². The number of hydrogen-bond acceptors (Lipinski definition) is 3. The summed E-state index contributed by atoms with van der Waals surface area (Å²) < 4.78 is 0. The van der Waals surface area contributed by atoms with E-state index < -0.39 is 8.07 Å². The van der Waals surface area contributed by atoms with Crippen molar-refractivity contribution in [3.8, 4) is 11.1 Å². The molecular weight excluding hydrogens is 551 g/mol. The predicted molar refractivity (Wildman–Crippen MR) is 186 cm³/mol. The monoisotopic (exact) mass is 587 g/mol. The van der Waals surface area contributed by atoms with Crippen LogP contribution in [-0.2, 0) is 0 Å². The Hall–Kier alpha value is -4.67. The molecule has 0 saturated carbocycles. The van der Waals surface area contributed by atoms with Crippen molar-refractivity contribution in [1.29, 1.82) is 0 Å². The van der Waals surface area contributed by atoms with Gasteiger partial charge in [-0.2, -0.15) is 0 Å². The number of nitrogens with zero attached hydrogens (tertiary/aromatic N) is 2. The fourth-order valence-corrected chi connectivity index (χ4v) is 13.2. The zero-order chi connectivity index (χ0) is 29.3. The molecule has 0 saturated heterocycles. The van der Waals surface area contributed by atoms with Crippen LogP contribution in [0.25, 0.3) is 11.1 Å². The van der Waals surface area contributed by atoms with E-state index in [1.165, 1.54) is 43.7 Å². The molecule has 0 fully saturated rings. The molecular formula is C40H37N3Si. The van der Waals surface area contributed by atoms with Crippen molar-refractivity contribution in [2.45, 2.75) is 31.0 Å². The number of dihydropyridines is 1. The lowest BCUT2D eigenvalue weighted by Crippen LogP contribution is -2.74. The second kappa shape index (κ2) is 11.4. The largest absolute Gasteiger partial charge is 0.385 e. The summed E-state index contributed by atoms with van der Waals surface area (Å²) in [6, 6.07) is 43.0. The topological polar surface area (TPSA) is 27.6 Å². The van der Waals surface area contributed by atoms with Gasteiger partial charge in [0.2, 0.25) is 0 Å². The van der Waals surface area contributed by atoms with E-state index >= 15 is 0 Å². The average molecular weight is 588 g/mol. The zero-order valence-electron chi connectivity index (χ0n) is 24.9. The molecule has 4 aliphatic rings. The Morgan fingerprint density at radius 3 is 2.02 bits per heavy atom. The fraction of sp³-hybridized carbons (Fsp3) is 0.175. The third kappa shape index (κ3) is 4.44. The van der Waals surface area contributed by atoms with E-state index in [0.717, 1.165) is 25.8 Å². The molecule has 0 amide bonds. The molecule has 8 rings (SSSR count). The van der Waals surface area contributed by atoms with Crippen LogP contribution in [0, 0.1) is 5.92 Å². The summed E-state index contributed by atoms with van der Waals surface area (Å²) in [6.45, 7) is 0.874. The summed E-state index contributed by atoms with van der Waals surface area (Å²) in [5.41, 5.74) is 6.99. The van der Waals surface area contributed by atoms with Gasteiger partial charge >= 0.3 is 0 Å². The minimum Gasteiger partial charge on any atom is -0.385 e. The summed E-state index contributed by atoms with van der Waals surface area (Å²) in [5, 5.41) is 7.77. The van der Waals surface area contributed by atoms with Gasteiger partial charge in [-0.05, 0) is 69.9 Å². The first-order chi connectivity index (χ1) is 21.8. The van der Waals surface area contributed by atoms with Gasteiger partial charge in [-0.25, -0.2) is 0 Å². The van der Waals surface area contributed by atoms with E-state index in [1.54, 1.807) is 0 Å². The first kappa shape index (κ1) is 26.9. The number of allylic oxidation sites excluding steroid dienone is 5. The van der Waals surface area contributed by atoms with Gasteiger partial charge in [-0.1, -0.05) is 127 Å². The van der Waals surface area contributed by atoms with E-state index in [-0.39, 0.29) is 11.7 Å². The molecule has 3 heterocycles. The molecule has 3 aliphatic heterocycles. The maximum Gasteiger partial charge on any atom is 0.173 e. The molecule has 0 aromatic heterocycles. The van der Waals surface area contributed by atoms with E-state index in [1.807, 2.05) is 0 Å². The van der Waals surface area contributed by atoms with Crippen molar-refractivity contribution in [2.75, 3.05) is 6.54 Å². The smallest absolute Gasteiger partial charge is 0.173 e. The predicted octanol–water partition coefficient (Wildman–Crippen LogP) is 6.11. The first-order valence-corrected chi connectivity index (χ1v) is 18.0. The van der Waals surface area contributed by atoms with E-state index in [9.17, 15) is 0 Å². The van der Waals surface area contributed by atoms with Crippen molar-refractivity contribution < 1.29 is 0 Å².